The first-order valence-corrected chi connectivity index (χ1v) is 4.24. The van der Waals surface area contributed by atoms with Crippen LogP contribution < -0.4 is 0 Å². The predicted molar refractivity (Wildman–Crippen MR) is 28.3 cm³/mol. The van der Waals surface area contributed by atoms with Gasteiger partial charge in [-0.3, -0.25) is 4.55 Å². The molecule has 0 rings (SSSR count). The molecule has 8 heavy (non-hydrogen) atoms. The summed E-state index contributed by atoms with van der Waals surface area (Å²) in [5.74, 6) is 0. The van der Waals surface area contributed by atoms with Crippen molar-refractivity contribution in [3.05, 3.63) is 0 Å². The third-order valence-electron chi connectivity index (χ3n) is 0.189. The molecule has 0 aromatic carbocycles. The van der Waals surface area contributed by atoms with Crippen molar-refractivity contribution in [2.24, 2.45) is 4.36 Å². The standard InChI is InChI=1S/CH2N2O3S2/c2-1-3-7-8(4,5)6/h7H,(H,4,5,6). The smallest absolute Gasteiger partial charge is 0.277 e. The van der Waals surface area contributed by atoms with Crippen LogP contribution in [0.25, 0.3) is 0 Å². The topological polar surface area (TPSA) is 90.5 Å². The summed E-state index contributed by atoms with van der Waals surface area (Å²) in [5, 5.41) is 7.63. The molecule has 0 aromatic heterocycles. The van der Waals surface area contributed by atoms with Gasteiger partial charge in [0.15, 0.2) is 0 Å². The molecule has 0 saturated heterocycles. The van der Waals surface area contributed by atoms with Gasteiger partial charge in [-0.2, -0.15) is 13.7 Å². The van der Waals surface area contributed by atoms with Crippen LogP contribution in [0.4, 0.5) is 0 Å². The minimum Gasteiger partial charge on any atom is -0.277 e. The number of rotatable bonds is 1. The number of nitrogens with zero attached hydrogens (tertiary/aromatic N) is 2. The average molecular weight is 154 g/mol. The SMILES string of the molecule is N#CN=[SH]S(=O)(=O)O. The van der Waals surface area contributed by atoms with Crippen LogP contribution in [0.1, 0.15) is 0 Å². The van der Waals surface area contributed by atoms with E-state index in [2.05, 4.69) is 4.36 Å². The molecule has 0 amide bonds. The number of hydrogen-bond donors (Lipinski definition) is 2. The van der Waals surface area contributed by atoms with E-state index in [1.54, 1.807) is 0 Å². The predicted octanol–water partition coefficient (Wildman–Crippen LogP) is -0.731. The molecule has 0 radical (unpaired) electrons. The van der Waals surface area contributed by atoms with Crippen molar-refractivity contribution in [3.63, 3.8) is 0 Å². The summed E-state index contributed by atoms with van der Waals surface area (Å²) in [6, 6.07) is 0. The van der Waals surface area contributed by atoms with E-state index in [-0.39, 0.29) is 0 Å². The number of hydrogen-bond acceptors (Lipinski definition) is 4. The lowest BCUT2D eigenvalue weighted by Gasteiger charge is -1.75. The maximum Gasteiger partial charge on any atom is 0.327 e. The molecule has 0 aliphatic carbocycles. The number of nitriles is 1. The van der Waals surface area contributed by atoms with E-state index in [1.807, 2.05) is 0 Å². The average Bonchev–Trinajstić information content (AvgIpc) is 1.59. The van der Waals surface area contributed by atoms with Crippen LogP contribution in [-0.2, 0) is 19.7 Å². The molecular formula is CH2N2O3S2. The second-order valence-electron chi connectivity index (χ2n) is 0.729. The van der Waals surface area contributed by atoms with Crippen molar-refractivity contribution < 1.29 is 13.0 Å². The maximum absolute atomic E-state index is 9.69. The molecule has 0 fully saturated rings. The van der Waals surface area contributed by atoms with Gasteiger partial charge in [0.25, 0.3) is 0 Å². The molecule has 0 unspecified atom stereocenters. The third-order valence-corrected chi connectivity index (χ3v) is 1.43. The highest BCUT2D eigenvalue weighted by molar-refractivity contribution is 8.54. The molecule has 0 heterocycles. The summed E-state index contributed by atoms with van der Waals surface area (Å²) < 4.78 is 29.9. The van der Waals surface area contributed by atoms with Crippen molar-refractivity contribution in [1.82, 2.24) is 0 Å². The van der Waals surface area contributed by atoms with Crippen LogP contribution in [0.5, 0.6) is 0 Å². The lowest BCUT2D eigenvalue weighted by Crippen LogP contribution is -1.90. The van der Waals surface area contributed by atoms with Gasteiger partial charge < -0.3 is 0 Å². The van der Waals surface area contributed by atoms with Crippen LogP contribution in [-0.4, -0.2) is 13.0 Å². The Morgan fingerprint density at radius 1 is 1.75 bits per heavy atom. The fourth-order valence-electron chi connectivity index (χ4n) is 0.0698. The fourth-order valence-corrected chi connectivity index (χ4v) is 0.629. The third kappa shape index (κ3) is 5.55. The first-order valence-electron chi connectivity index (χ1n) is 1.35. The second kappa shape index (κ2) is 2.76. The summed E-state index contributed by atoms with van der Waals surface area (Å²) in [7, 11) is -4.72. The minimum atomic E-state index is -4.10. The molecule has 0 saturated carbocycles. The van der Waals surface area contributed by atoms with Crippen LogP contribution in [0, 0.1) is 11.5 Å². The molecule has 0 aromatic rings. The molecular weight excluding hydrogens is 152 g/mol. The molecule has 0 aliphatic heterocycles. The Morgan fingerprint density at radius 3 is 2.38 bits per heavy atom. The van der Waals surface area contributed by atoms with Crippen molar-refractivity contribution in [3.8, 4) is 6.19 Å². The van der Waals surface area contributed by atoms with Crippen molar-refractivity contribution in [2.45, 2.75) is 0 Å². The van der Waals surface area contributed by atoms with Gasteiger partial charge in [0, 0.05) is 10.6 Å². The lowest BCUT2D eigenvalue weighted by atomic mass is 11.5. The van der Waals surface area contributed by atoms with Gasteiger partial charge in [-0.1, -0.05) is 0 Å². The molecule has 0 aliphatic rings. The molecule has 0 bridgehead atoms. The molecule has 0 atom stereocenters. The maximum atomic E-state index is 9.69. The Morgan fingerprint density at radius 2 is 2.25 bits per heavy atom. The van der Waals surface area contributed by atoms with E-state index in [9.17, 15) is 8.42 Å². The van der Waals surface area contributed by atoms with Gasteiger partial charge >= 0.3 is 9.15 Å². The second-order valence-corrected chi connectivity index (χ2v) is 3.86. The molecule has 5 nitrogen and oxygen atoms in total. The van der Waals surface area contributed by atoms with Gasteiger partial charge in [0.05, 0.1) is 0 Å². The Balaban J connectivity index is 4.19. The first-order chi connectivity index (χ1) is 3.56. The molecule has 1 N–H and O–H groups in total. The summed E-state index contributed by atoms with van der Waals surface area (Å²) in [5.41, 5.74) is 0. The van der Waals surface area contributed by atoms with E-state index < -0.39 is 19.7 Å². The monoisotopic (exact) mass is 154 g/mol. The van der Waals surface area contributed by atoms with E-state index >= 15 is 0 Å². The zero-order valence-electron chi connectivity index (χ0n) is 3.51. The first kappa shape index (κ1) is 7.55. The van der Waals surface area contributed by atoms with Crippen molar-refractivity contribution in [1.29, 1.82) is 5.26 Å². The summed E-state index contributed by atoms with van der Waals surface area (Å²) in [6.07, 6.45) is 1.20. The van der Waals surface area contributed by atoms with Crippen LogP contribution in [0.15, 0.2) is 4.36 Å². The Hall–Kier alpha value is -0.450. The van der Waals surface area contributed by atoms with Gasteiger partial charge in [-0.25, -0.2) is 0 Å². The van der Waals surface area contributed by atoms with Gasteiger partial charge in [-0.15, -0.1) is 4.36 Å². The van der Waals surface area contributed by atoms with Gasteiger partial charge in [0.1, 0.15) is 0 Å². The largest absolute Gasteiger partial charge is 0.327 e. The highest BCUT2D eigenvalue weighted by Crippen LogP contribution is 1.77. The van der Waals surface area contributed by atoms with Gasteiger partial charge in [0.2, 0.25) is 6.19 Å². The van der Waals surface area contributed by atoms with Crippen LogP contribution in [0.2, 0.25) is 0 Å². The van der Waals surface area contributed by atoms with Crippen molar-refractivity contribution in [2.75, 3.05) is 0 Å². The highest BCUT2D eigenvalue weighted by Gasteiger charge is 1.92. The summed E-state index contributed by atoms with van der Waals surface area (Å²) in [4.78, 5) is 0. The summed E-state index contributed by atoms with van der Waals surface area (Å²) >= 11 is 0. The highest BCUT2D eigenvalue weighted by atomic mass is 33.1. The molecule has 7 heteroatoms. The molecule has 0 spiro atoms. The summed E-state index contributed by atoms with van der Waals surface area (Å²) in [6.45, 7) is 0. The van der Waals surface area contributed by atoms with Crippen LogP contribution in [0.3, 0.4) is 0 Å². The zero-order chi connectivity index (χ0) is 6.62. The fraction of sp³-hybridized carbons (Fsp3) is 0. The van der Waals surface area contributed by atoms with E-state index in [4.69, 9.17) is 9.81 Å². The van der Waals surface area contributed by atoms with E-state index in [0.29, 0.717) is 0 Å². The van der Waals surface area contributed by atoms with Gasteiger partial charge in [-0.05, 0) is 0 Å². The Labute approximate surface area is 49.2 Å². The quantitative estimate of drug-likeness (QED) is 0.225. The van der Waals surface area contributed by atoms with Crippen molar-refractivity contribution >= 4 is 19.7 Å². The Kier molecular flexibility index (Phi) is 2.60. The Bertz CT molecular complexity index is 220. The lowest BCUT2D eigenvalue weighted by molar-refractivity contribution is 0.503. The molecule has 46 valence electrons. The van der Waals surface area contributed by atoms with E-state index in [1.165, 1.54) is 6.19 Å². The number of thiol groups is 1. The minimum absolute atomic E-state index is 0.621. The van der Waals surface area contributed by atoms with E-state index in [0.717, 1.165) is 0 Å². The zero-order valence-corrected chi connectivity index (χ0v) is 5.22. The normalized spacial score (nSPS) is 12.5. The van der Waals surface area contributed by atoms with Crippen LogP contribution >= 0.6 is 0 Å².